The van der Waals surface area contributed by atoms with Crippen LogP contribution in [0.15, 0.2) is 42.5 Å². The van der Waals surface area contributed by atoms with E-state index >= 15 is 0 Å². The van der Waals surface area contributed by atoms with Crippen LogP contribution in [-0.2, 0) is 14.3 Å². The molecule has 0 aliphatic heterocycles. The zero-order chi connectivity index (χ0) is 18.2. The number of nitrogens with one attached hydrogen (secondary N) is 1. The van der Waals surface area contributed by atoms with Crippen molar-refractivity contribution < 1.29 is 23.9 Å². The number of ketones is 1. The minimum Gasteiger partial charge on any atom is -0.484 e. The third-order valence-electron chi connectivity index (χ3n) is 3.20. The van der Waals surface area contributed by atoms with Gasteiger partial charge >= 0.3 is 5.97 Å². The zero-order valence-corrected chi connectivity index (χ0v) is 14.8. The van der Waals surface area contributed by atoms with E-state index in [1.807, 2.05) is 19.1 Å². The summed E-state index contributed by atoms with van der Waals surface area (Å²) in [5.41, 5.74) is 0. The van der Waals surface area contributed by atoms with E-state index in [2.05, 4.69) is 5.32 Å². The lowest BCUT2D eigenvalue weighted by molar-refractivity contribution is -0.146. The molecule has 0 spiro atoms. The molecule has 25 heavy (non-hydrogen) atoms. The van der Waals surface area contributed by atoms with Crippen molar-refractivity contribution in [2.24, 2.45) is 0 Å². The minimum absolute atomic E-state index is 0.213. The third kappa shape index (κ3) is 6.04. The van der Waals surface area contributed by atoms with Crippen LogP contribution < -0.4 is 10.1 Å². The maximum absolute atomic E-state index is 11.9. The highest BCUT2D eigenvalue weighted by Gasteiger charge is 2.19. The maximum Gasteiger partial charge on any atom is 0.328 e. The molecule has 2 rings (SSSR count). The van der Waals surface area contributed by atoms with Crippen molar-refractivity contribution in [1.29, 1.82) is 0 Å². The molecule has 7 heteroatoms. The first-order valence-corrected chi connectivity index (χ1v) is 8.51. The van der Waals surface area contributed by atoms with Gasteiger partial charge in [0.2, 0.25) is 5.78 Å². The van der Waals surface area contributed by atoms with E-state index in [0.29, 0.717) is 10.6 Å². The monoisotopic (exact) mass is 361 g/mol. The Bertz CT molecular complexity index is 741. The van der Waals surface area contributed by atoms with Crippen molar-refractivity contribution in [3.05, 3.63) is 52.2 Å². The number of para-hydroxylation sites is 1. The molecule has 6 nitrogen and oxygen atoms in total. The number of hydrogen-bond acceptors (Lipinski definition) is 6. The Morgan fingerprint density at radius 1 is 1.08 bits per heavy atom. The summed E-state index contributed by atoms with van der Waals surface area (Å²) < 4.78 is 10.2. The fourth-order valence-corrected chi connectivity index (χ4v) is 2.72. The summed E-state index contributed by atoms with van der Waals surface area (Å²) in [6, 6.07) is 11.5. The Morgan fingerprint density at radius 3 is 2.44 bits per heavy atom. The van der Waals surface area contributed by atoms with Gasteiger partial charge in [0, 0.05) is 4.88 Å². The summed E-state index contributed by atoms with van der Waals surface area (Å²) in [6.07, 6.45) is 0. The lowest BCUT2D eigenvalue weighted by Crippen LogP contribution is -2.42. The molecule has 0 bridgehead atoms. The van der Waals surface area contributed by atoms with Gasteiger partial charge in [-0.05, 0) is 38.1 Å². The average Bonchev–Trinajstić information content (AvgIpc) is 3.05. The molecule has 132 valence electrons. The molecular formula is C18H19NO5S. The molecule has 2 aromatic rings. The number of esters is 1. The van der Waals surface area contributed by atoms with Crippen molar-refractivity contribution in [3.8, 4) is 5.75 Å². The lowest BCUT2D eigenvalue weighted by atomic mass is 10.3. The third-order valence-corrected chi connectivity index (χ3v) is 4.25. The highest BCUT2D eigenvalue weighted by atomic mass is 32.1. The Kier molecular flexibility index (Phi) is 6.71. The van der Waals surface area contributed by atoms with Crippen LogP contribution in [0.4, 0.5) is 0 Å². The molecule has 1 aromatic heterocycles. The van der Waals surface area contributed by atoms with Crippen LogP contribution in [0.2, 0.25) is 0 Å². The van der Waals surface area contributed by atoms with Gasteiger partial charge in [0.25, 0.3) is 5.91 Å². The number of aryl methyl sites for hydroxylation is 1. The van der Waals surface area contributed by atoms with Crippen molar-refractivity contribution >= 4 is 29.0 Å². The fourth-order valence-electron chi connectivity index (χ4n) is 1.92. The largest absolute Gasteiger partial charge is 0.484 e. The van der Waals surface area contributed by atoms with Gasteiger partial charge in [-0.1, -0.05) is 18.2 Å². The highest BCUT2D eigenvalue weighted by Crippen LogP contribution is 2.15. The van der Waals surface area contributed by atoms with Crippen LogP contribution in [0.5, 0.6) is 5.75 Å². The molecule has 1 amide bonds. The lowest BCUT2D eigenvalue weighted by Gasteiger charge is -2.13. The summed E-state index contributed by atoms with van der Waals surface area (Å²) in [7, 11) is 0. The van der Waals surface area contributed by atoms with Crippen molar-refractivity contribution in [2.75, 3.05) is 13.2 Å². The van der Waals surface area contributed by atoms with Gasteiger partial charge in [-0.2, -0.15) is 0 Å². The quantitative estimate of drug-likeness (QED) is 0.577. The molecule has 1 atom stereocenters. The first-order valence-electron chi connectivity index (χ1n) is 7.69. The molecule has 0 radical (unpaired) electrons. The van der Waals surface area contributed by atoms with Gasteiger partial charge in [-0.15, -0.1) is 11.3 Å². The molecule has 1 aromatic carbocycles. The molecule has 0 fully saturated rings. The smallest absolute Gasteiger partial charge is 0.328 e. The van der Waals surface area contributed by atoms with E-state index in [9.17, 15) is 14.4 Å². The van der Waals surface area contributed by atoms with Crippen LogP contribution >= 0.6 is 11.3 Å². The average molecular weight is 361 g/mol. The van der Waals surface area contributed by atoms with E-state index < -0.39 is 17.9 Å². The number of rotatable bonds is 8. The number of carbonyl (C=O) groups excluding carboxylic acids is 3. The predicted octanol–water partition coefficient (Wildman–Crippen LogP) is 2.37. The fraction of sp³-hybridized carbons (Fsp3) is 0.278. The van der Waals surface area contributed by atoms with Crippen LogP contribution in [0.3, 0.4) is 0 Å². The molecule has 0 aliphatic carbocycles. The summed E-state index contributed by atoms with van der Waals surface area (Å²) in [4.78, 5) is 37.1. The molecular weight excluding hydrogens is 342 g/mol. The van der Waals surface area contributed by atoms with E-state index in [1.54, 1.807) is 30.3 Å². The number of hydrogen-bond donors (Lipinski definition) is 1. The van der Waals surface area contributed by atoms with Gasteiger partial charge in [-0.3, -0.25) is 9.59 Å². The molecule has 0 saturated heterocycles. The second-order valence-corrected chi connectivity index (χ2v) is 6.62. The number of amides is 1. The zero-order valence-electron chi connectivity index (χ0n) is 14.0. The van der Waals surface area contributed by atoms with Gasteiger partial charge < -0.3 is 14.8 Å². The van der Waals surface area contributed by atoms with Gasteiger partial charge in [0.1, 0.15) is 11.8 Å². The van der Waals surface area contributed by atoms with Gasteiger partial charge in [0.15, 0.2) is 13.2 Å². The van der Waals surface area contributed by atoms with E-state index in [4.69, 9.17) is 9.47 Å². The Hall–Kier alpha value is -2.67. The molecule has 0 aliphatic rings. The van der Waals surface area contributed by atoms with Crippen molar-refractivity contribution in [1.82, 2.24) is 5.32 Å². The Balaban J connectivity index is 1.72. The summed E-state index contributed by atoms with van der Waals surface area (Å²) in [6.45, 7) is 2.82. The SMILES string of the molecule is Cc1ccc(C(=O)COC(=O)[C@H](C)NC(=O)COc2ccccc2)s1. The molecule has 0 unspecified atom stereocenters. The number of carbonyl (C=O) groups is 3. The second-order valence-electron chi connectivity index (χ2n) is 5.33. The Morgan fingerprint density at radius 2 is 1.80 bits per heavy atom. The van der Waals surface area contributed by atoms with E-state index in [1.165, 1.54) is 18.3 Å². The van der Waals surface area contributed by atoms with Crippen LogP contribution in [0.1, 0.15) is 21.5 Å². The standard InChI is InChI=1S/C18H19NO5S/c1-12-8-9-16(25-12)15(20)10-24-18(22)13(2)19-17(21)11-23-14-6-4-3-5-7-14/h3-9,13H,10-11H2,1-2H3,(H,19,21)/t13-/m0/s1. The van der Waals surface area contributed by atoms with Crippen LogP contribution in [0.25, 0.3) is 0 Å². The maximum atomic E-state index is 11.9. The number of benzene rings is 1. The van der Waals surface area contributed by atoms with Gasteiger partial charge in [-0.25, -0.2) is 4.79 Å². The van der Waals surface area contributed by atoms with E-state index in [0.717, 1.165) is 4.88 Å². The minimum atomic E-state index is -0.871. The Labute approximate surface area is 149 Å². The summed E-state index contributed by atoms with van der Waals surface area (Å²) >= 11 is 1.34. The summed E-state index contributed by atoms with van der Waals surface area (Å²) in [5, 5.41) is 2.47. The topological polar surface area (TPSA) is 81.7 Å². The first-order chi connectivity index (χ1) is 12.0. The molecule has 1 heterocycles. The van der Waals surface area contributed by atoms with Crippen molar-refractivity contribution in [3.63, 3.8) is 0 Å². The van der Waals surface area contributed by atoms with Gasteiger partial charge in [0.05, 0.1) is 4.88 Å². The van der Waals surface area contributed by atoms with Crippen LogP contribution in [0, 0.1) is 6.92 Å². The first kappa shape index (κ1) is 18.7. The highest BCUT2D eigenvalue weighted by molar-refractivity contribution is 7.14. The van der Waals surface area contributed by atoms with Crippen molar-refractivity contribution in [2.45, 2.75) is 19.9 Å². The molecule has 1 N–H and O–H groups in total. The predicted molar refractivity (Wildman–Crippen MR) is 93.9 cm³/mol. The van der Waals surface area contributed by atoms with Crippen LogP contribution in [-0.4, -0.2) is 36.9 Å². The number of thiophene rings is 1. The number of Topliss-reactive ketones (excluding diaryl/α,β-unsaturated/α-hetero) is 1. The molecule has 0 saturated carbocycles. The number of ether oxygens (including phenoxy) is 2. The normalized spacial score (nSPS) is 11.4. The second kappa shape index (κ2) is 8.98. The summed E-state index contributed by atoms with van der Waals surface area (Å²) in [5.74, 6) is -0.828. The van der Waals surface area contributed by atoms with E-state index in [-0.39, 0.29) is 19.0 Å².